The van der Waals surface area contributed by atoms with Crippen LogP contribution in [0.25, 0.3) is 0 Å². The van der Waals surface area contributed by atoms with Gasteiger partial charge in [0.05, 0.1) is 0 Å². The summed E-state index contributed by atoms with van der Waals surface area (Å²) in [6.45, 7) is 3.67. The van der Waals surface area contributed by atoms with Gasteiger partial charge in [-0.3, -0.25) is 4.79 Å². The van der Waals surface area contributed by atoms with Crippen LogP contribution in [0.5, 0.6) is 0 Å². The largest absolute Gasteiger partial charge is 0.356 e. The van der Waals surface area contributed by atoms with Gasteiger partial charge in [-0.2, -0.15) is 0 Å². The first-order valence-electron chi connectivity index (χ1n) is 8.55. The zero-order valence-electron chi connectivity index (χ0n) is 12.9. The second-order valence-corrected chi connectivity index (χ2v) is 8.08. The minimum absolute atomic E-state index is 0.288. The molecule has 4 fully saturated rings. The van der Waals surface area contributed by atoms with Gasteiger partial charge in [0, 0.05) is 13.0 Å². The van der Waals surface area contributed by atoms with Crippen molar-refractivity contribution in [3.05, 3.63) is 0 Å². The maximum absolute atomic E-state index is 12.3. The second-order valence-electron chi connectivity index (χ2n) is 8.08. The average Bonchev–Trinajstić information content (AvgIpc) is 2.34. The normalized spacial score (nSPS) is 39.8. The van der Waals surface area contributed by atoms with Crippen LogP contribution in [0.15, 0.2) is 0 Å². The van der Waals surface area contributed by atoms with Crippen molar-refractivity contribution < 1.29 is 4.79 Å². The number of nitrogens with one attached hydrogen (secondary N) is 1. The van der Waals surface area contributed by atoms with Crippen LogP contribution in [0.3, 0.4) is 0 Å². The van der Waals surface area contributed by atoms with E-state index in [4.69, 9.17) is 5.73 Å². The highest BCUT2D eigenvalue weighted by molar-refractivity contribution is 5.76. The van der Waals surface area contributed by atoms with Crippen LogP contribution < -0.4 is 11.1 Å². The maximum Gasteiger partial charge on any atom is 0.220 e. The number of nitrogens with two attached hydrogens (primary N) is 1. The fourth-order valence-corrected chi connectivity index (χ4v) is 5.58. The molecule has 0 aromatic rings. The monoisotopic (exact) mass is 278 g/mol. The predicted molar refractivity (Wildman–Crippen MR) is 81.1 cm³/mol. The summed E-state index contributed by atoms with van der Waals surface area (Å²) < 4.78 is 0. The van der Waals surface area contributed by atoms with Crippen LogP contribution in [0.2, 0.25) is 0 Å². The lowest BCUT2D eigenvalue weighted by molar-refractivity contribution is -0.129. The van der Waals surface area contributed by atoms with Crippen LogP contribution >= 0.6 is 0 Å². The second kappa shape index (κ2) is 5.67. The first-order chi connectivity index (χ1) is 9.58. The zero-order chi connectivity index (χ0) is 14.2. The van der Waals surface area contributed by atoms with Gasteiger partial charge in [0.15, 0.2) is 0 Å². The highest BCUT2D eigenvalue weighted by Gasteiger charge is 2.51. The molecule has 4 aliphatic carbocycles. The van der Waals surface area contributed by atoms with Crippen LogP contribution in [0.1, 0.15) is 58.3 Å². The van der Waals surface area contributed by atoms with Gasteiger partial charge >= 0.3 is 0 Å². The smallest absolute Gasteiger partial charge is 0.220 e. The Morgan fingerprint density at radius 3 is 2.25 bits per heavy atom. The van der Waals surface area contributed by atoms with Gasteiger partial charge in [-0.15, -0.1) is 0 Å². The standard InChI is InChI=1S/C17H30N2O/c1-12(2-3-18)11-19-16(20)10-17-7-13-4-14(8-17)6-15(5-13)9-17/h12-15H,2-11,18H2,1H3,(H,19,20). The minimum atomic E-state index is 0.288. The molecular formula is C17H30N2O. The molecule has 4 bridgehead atoms. The Morgan fingerprint density at radius 2 is 1.75 bits per heavy atom. The first-order valence-corrected chi connectivity index (χ1v) is 8.55. The first kappa shape index (κ1) is 14.4. The summed E-state index contributed by atoms with van der Waals surface area (Å²) in [4.78, 5) is 12.3. The van der Waals surface area contributed by atoms with Crippen molar-refractivity contribution in [1.82, 2.24) is 5.32 Å². The number of rotatable bonds is 6. The molecule has 0 spiro atoms. The molecule has 4 rings (SSSR count). The SMILES string of the molecule is CC(CCN)CNC(=O)CC12CC3CC(CC(C3)C1)C2. The molecule has 0 aromatic heterocycles. The molecule has 3 heteroatoms. The van der Waals surface area contributed by atoms with Crippen LogP contribution in [-0.2, 0) is 4.79 Å². The summed E-state index contributed by atoms with van der Waals surface area (Å²) in [7, 11) is 0. The molecule has 1 atom stereocenters. The number of carbonyl (C=O) groups is 1. The van der Waals surface area contributed by atoms with Crippen molar-refractivity contribution in [2.24, 2.45) is 34.8 Å². The minimum Gasteiger partial charge on any atom is -0.356 e. The van der Waals surface area contributed by atoms with E-state index >= 15 is 0 Å². The third-order valence-electron chi connectivity index (χ3n) is 6.01. The van der Waals surface area contributed by atoms with Gasteiger partial charge in [0.2, 0.25) is 5.91 Å². The van der Waals surface area contributed by atoms with Crippen molar-refractivity contribution in [2.75, 3.05) is 13.1 Å². The van der Waals surface area contributed by atoms with Gasteiger partial charge in [-0.1, -0.05) is 6.92 Å². The van der Waals surface area contributed by atoms with E-state index in [1.54, 1.807) is 0 Å². The van der Waals surface area contributed by atoms with Crippen molar-refractivity contribution >= 4 is 5.91 Å². The average molecular weight is 278 g/mol. The Hall–Kier alpha value is -0.570. The number of carbonyl (C=O) groups excluding carboxylic acids is 1. The molecule has 3 N–H and O–H groups in total. The fourth-order valence-electron chi connectivity index (χ4n) is 5.58. The molecule has 114 valence electrons. The van der Waals surface area contributed by atoms with E-state index < -0.39 is 0 Å². The van der Waals surface area contributed by atoms with Crippen molar-refractivity contribution in [3.63, 3.8) is 0 Å². The van der Waals surface area contributed by atoms with Gasteiger partial charge < -0.3 is 11.1 Å². The summed E-state index contributed by atoms with van der Waals surface area (Å²) in [6.07, 6.45) is 10.1. The summed E-state index contributed by atoms with van der Waals surface area (Å²) in [6, 6.07) is 0. The van der Waals surface area contributed by atoms with E-state index in [0.29, 0.717) is 17.9 Å². The van der Waals surface area contributed by atoms with E-state index in [0.717, 1.165) is 37.1 Å². The topological polar surface area (TPSA) is 55.1 Å². The summed E-state index contributed by atoms with van der Waals surface area (Å²) in [5.41, 5.74) is 5.93. The van der Waals surface area contributed by atoms with Crippen LogP contribution in [0.4, 0.5) is 0 Å². The van der Waals surface area contributed by atoms with Gasteiger partial charge in [0.1, 0.15) is 0 Å². The summed E-state index contributed by atoms with van der Waals surface area (Å²) in [5, 5.41) is 3.15. The van der Waals surface area contributed by atoms with E-state index in [1.807, 2.05) is 0 Å². The highest BCUT2D eigenvalue weighted by Crippen LogP contribution is 2.61. The number of hydrogen-bond acceptors (Lipinski definition) is 2. The van der Waals surface area contributed by atoms with Crippen LogP contribution in [0, 0.1) is 29.1 Å². The molecule has 0 aromatic carbocycles. The van der Waals surface area contributed by atoms with Crippen LogP contribution in [-0.4, -0.2) is 19.0 Å². The number of hydrogen-bond donors (Lipinski definition) is 2. The molecular weight excluding hydrogens is 248 g/mol. The van der Waals surface area contributed by atoms with Gasteiger partial charge in [-0.05, 0) is 80.6 Å². The van der Waals surface area contributed by atoms with E-state index in [2.05, 4.69) is 12.2 Å². The maximum atomic E-state index is 12.3. The molecule has 0 aliphatic heterocycles. The Bertz CT molecular complexity index is 331. The molecule has 3 nitrogen and oxygen atoms in total. The summed E-state index contributed by atoms with van der Waals surface area (Å²) >= 11 is 0. The Kier molecular flexibility index (Phi) is 4.07. The molecule has 0 radical (unpaired) electrons. The third kappa shape index (κ3) is 3.03. The molecule has 0 saturated heterocycles. The lowest BCUT2D eigenvalue weighted by Gasteiger charge is -2.56. The Labute approximate surface area is 123 Å². The van der Waals surface area contributed by atoms with E-state index in [9.17, 15) is 4.79 Å². The lowest BCUT2D eigenvalue weighted by Crippen LogP contribution is -2.48. The third-order valence-corrected chi connectivity index (χ3v) is 6.01. The molecule has 20 heavy (non-hydrogen) atoms. The number of amides is 1. The lowest BCUT2D eigenvalue weighted by atomic mass is 9.49. The molecule has 4 saturated carbocycles. The molecule has 1 unspecified atom stereocenters. The predicted octanol–water partition coefficient (Wildman–Crippen LogP) is 2.69. The van der Waals surface area contributed by atoms with Gasteiger partial charge in [-0.25, -0.2) is 0 Å². The van der Waals surface area contributed by atoms with E-state index in [-0.39, 0.29) is 5.91 Å². The van der Waals surface area contributed by atoms with E-state index in [1.165, 1.54) is 38.5 Å². The molecule has 1 amide bonds. The van der Waals surface area contributed by atoms with Crippen molar-refractivity contribution in [2.45, 2.75) is 58.3 Å². The Morgan fingerprint density at radius 1 is 1.20 bits per heavy atom. The zero-order valence-corrected chi connectivity index (χ0v) is 12.9. The fraction of sp³-hybridized carbons (Fsp3) is 0.941. The highest BCUT2D eigenvalue weighted by atomic mass is 16.1. The van der Waals surface area contributed by atoms with Gasteiger partial charge in [0.25, 0.3) is 0 Å². The Balaban J connectivity index is 1.51. The quantitative estimate of drug-likeness (QED) is 0.785. The molecule has 0 heterocycles. The summed E-state index contributed by atoms with van der Waals surface area (Å²) in [5.74, 6) is 3.59. The van der Waals surface area contributed by atoms with Crippen molar-refractivity contribution in [1.29, 1.82) is 0 Å². The van der Waals surface area contributed by atoms with Crippen molar-refractivity contribution in [3.8, 4) is 0 Å². The molecule has 4 aliphatic rings.